The highest BCUT2D eigenvalue weighted by atomic mass is 19.4. The van der Waals surface area contributed by atoms with Crippen LogP contribution in [-0.2, 0) is 19.8 Å². The minimum atomic E-state index is -4.72. The number of ether oxygens (including phenoxy) is 1. The lowest BCUT2D eigenvalue weighted by atomic mass is 9.98. The largest absolute Gasteiger partial charge is 0.494 e. The van der Waals surface area contributed by atoms with Gasteiger partial charge in [-0.15, -0.1) is 0 Å². The Hall–Kier alpha value is -4.42. The predicted octanol–water partition coefficient (Wildman–Crippen LogP) is 4.45. The number of carbonyl (C=O) groups excluding carboxylic acids is 1. The molecule has 1 aliphatic rings. The third-order valence-corrected chi connectivity index (χ3v) is 6.46. The van der Waals surface area contributed by atoms with Crippen LogP contribution < -0.4 is 15.7 Å². The number of pyridine rings is 1. The standard InChI is InChI=1S/C26H24F4N6O3/c1-35-13-18(23(34-35)26(28,29)30)16-7-14(12-36-5-6-39-25(36)31)8-17(9-16)24(37)33-22(15-3-4-15)20-10-21(38-2)19(27)11-32-20/h5-11,13,15,22,31H,3-4,12H2,1-2H3,(H,33,37). The maximum atomic E-state index is 13.9. The predicted molar refractivity (Wildman–Crippen MR) is 129 cm³/mol. The van der Waals surface area contributed by atoms with Crippen LogP contribution in [-0.4, -0.2) is 32.3 Å². The van der Waals surface area contributed by atoms with Crippen molar-refractivity contribution in [3.8, 4) is 16.9 Å². The molecule has 1 atom stereocenters. The summed E-state index contributed by atoms with van der Waals surface area (Å²) < 4.78 is 67.8. The lowest BCUT2D eigenvalue weighted by Gasteiger charge is -2.19. The molecule has 2 N–H and O–H groups in total. The van der Waals surface area contributed by atoms with Gasteiger partial charge in [-0.25, -0.2) is 4.39 Å². The fourth-order valence-electron chi connectivity index (χ4n) is 4.45. The molecular weight excluding hydrogens is 520 g/mol. The third kappa shape index (κ3) is 5.56. The van der Waals surface area contributed by atoms with Gasteiger partial charge in [-0.2, -0.15) is 18.3 Å². The van der Waals surface area contributed by atoms with Gasteiger partial charge < -0.3 is 14.5 Å². The van der Waals surface area contributed by atoms with Crippen LogP contribution in [0.2, 0.25) is 0 Å². The number of carbonyl (C=O) groups is 1. The second-order valence-electron chi connectivity index (χ2n) is 9.35. The highest BCUT2D eigenvalue weighted by Gasteiger charge is 2.38. The van der Waals surface area contributed by atoms with Crippen molar-refractivity contribution in [2.75, 3.05) is 7.11 Å². The van der Waals surface area contributed by atoms with Crippen LogP contribution in [0.3, 0.4) is 0 Å². The number of benzene rings is 1. The lowest BCUT2D eigenvalue weighted by molar-refractivity contribution is -0.140. The molecule has 1 fully saturated rings. The fourth-order valence-corrected chi connectivity index (χ4v) is 4.45. The number of nitrogens with zero attached hydrogens (tertiary/aromatic N) is 4. The van der Waals surface area contributed by atoms with Crippen LogP contribution in [0, 0.1) is 17.1 Å². The number of hydrogen-bond acceptors (Lipinski definition) is 6. The second-order valence-corrected chi connectivity index (χ2v) is 9.35. The summed E-state index contributed by atoms with van der Waals surface area (Å²) in [6.45, 7) is 0.0772. The second kappa shape index (κ2) is 10.0. The first-order chi connectivity index (χ1) is 18.5. The Labute approximate surface area is 219 Å². The average molecular weight is 545 g/mol. The van der Waals surface area contributed by atoms with Crippen molar-refractivity contribution in [1.29, 1.82) is 5.41 Å². The summed E-state index contributed by atoms with van der Waals surface area (Å²) in [6.07, 6.45) is 2.02. The Balaban J connectivity index is 1.55. The van der Waals surface area contributed by atoms with E-state index in [4.69, 9.17) is 14.6 Å². The van der Waals surface area contributed by atoms with Gasteiger partial charge in [0.1, 0.15) is 6.26 Å². The molecule has 1 aromatic carbocycles. The van der Waals surface area contributed by atoms with E-state index in [-0.39, 0.29) is 40.6 Å². The van der Waals surface area contributed by atoms with Crippen LogP contribution in [0.5, 0.6) is 5.75 Å². The molecule has 5 rings (SSSR count). The summed E-state index contributed by atoms with van der Waals surface area (Å²) in [4.78, 5) is 17.7. The Morgan fingerprint density at radius 2 is 2.05 bits per heavy atom. The minimum absolute atomic E-state index is 0.0104. The zero-order valence-electron chi connectivity index (χ0n) is 20.9. The number of hydrogen-bond donors (Lipinski definition) is 2. The van der Waals surface area contributed by atoms with Gasteiger partial charge in [-0.05, 0) is 48.1 Å². The first-order valence-corrected chi connectivity index (χ1v) is 12.0. The van der Waals surface area contributed by atoms with Gasteiger partial charge in [0.25, 0.3) is 11.6 Å². The topological polar surface area (TPSA) is 111 Å². The molecular formula is C26H24F4N6O3. The fraction of sp³-hybridized carbons (Fsp3) is 0.308. The lowest BCUT2D eigenvalue weighted by Crippen LogP contribution is -2.30. The summed E-state index contributed by atoms with van der Waals surface area (Å²) in [5.74, 6) is -1.12. The molecule has 0 saturated heterocycles. The van der Waals surface area contributed by atoms with Crippen molar-refractivity contribution in [3.63, 3.8) is 0 Å². The average Bonchev–Trinajstić information content (AvgIpc) is 3.53. The van der Waals surface area contributed by atoms with E-state index >= 15 is 0 Å². The first-order valence-electron chi connectivity index (χ1n) is 12.0. The van der Waals surface area contributed by atoms with Gasteiger partial charge in [0.15, 0.2) is 17.3 Å². The van der Waals surface area contributed by atoms with Gasteiger partial charge in [0, 0.05) is 36.6 Å². The minimum Gasteiger partial charge on any atom is -0.494 e. The van der Waals surface area contributed by atoms with Crippen LogP contribution in [0.4, 0.5) is 17.6 Å². The number of aryl methyl sites for hydroxylation is 1. The molecule has 1 unspecified atom stereocenters. The number of alkyl halides is 3. The van der Waals surface area contributed by atoms with Crippen LogP contribution in [0.1, 0.15) is 46.2 Å². The molecule has 1 saturated carbocycles. The van der Waals surface area contributed by atoms with Crippen molar-refractivity contribution >= 4 is 5.91 Å². The maximum absolute atomic E-state index is 13.9. The number of rotatable bonds is 8. The van der Waals surface area contributed by atoms with E-state index in [1.807, 2.05) is 0 Å². The van der Waals surface area contributed by atoms with E-state index in [1.54, 1.807) is 6.07 Å². The molecule has 1 amide bonds. The molecule has 0 spiro atoms. The number of aromatic nitrogens is 4. The highest BCUT2D eigenvalue weighted by molar-refractivity contribution is 5.96. The summed E-state index contributed by atoms with van der Waals surface area (Å²) >= 11 is 0. The zero-order valence-corrected chi connectivity index (χ0v) is 20.9. The monoisotopic (exact) mass is 544 g/mol. The van der Waals surface area contributed by atoms with E-state index in [9.17, 15) is 22.4 Å². The zero-order chi connectivity index (χ0) is 27.9. The number of methoxy groups -OCH3 is 1. The molecule has 3 heterocycles. The molecule has 13 heteroatoms. The van der Waals surface area contributed by atoms with Crippen molar-refractivity contribution in [2.45, 2.75) is 31.6 Å². The van der Waals surface area contributed by atoms with Gasteiger partial charge >= 0.3 is 6.18 Å². The Morgan fingerprint density at radius 3 is 2.69 bits per heavy atom. The maximum Gasteiger partial charge on any atom is 0.435 e. The molecule has 9 nitrogen and oxygen atoms in total. The van der Waals surface area contributed by atoms with E-state index in [0.717, 1.165) is 23.7 Å². The molecule has 0 bridgehead atoms. The normalized spacial score (nSPS) is 14.3. The van der Waals surface area contributed by atoms with E-state index in [0.29, 0.717) is 11.3 Å². The summed E-state index contributed by atoms with van der Waals surface area (Å²) in [5, 5.41) is 14.4. The molecule has 0 aliphatic heterocycles. The van der Waals surface area contributed by atoms with Gasteiger partial charge in [-0.3, -0.25) is 24.4 Å². The van der Waals surface area contributed by atoms with Crippen LogP contribution in [0.15, 0.2) is 53.5 Å². The highest BCUT2D eigenvalue weighted by Crippen LogP contribution is 2.42. The molecule has 39 heavy (non-hydrogen) atoms. The van der Waals surface area contributed by atoms with E-state index in [2.05, 4.69) is 15.4 Å². The van der Waals surface area contributed by atoms with Crippen LogP contribution >= 0.6 is 0 Å². The van der Waals surface area contributed by atoms with Crippen molar-refractivity contribution < 1.29 is 31.5 Å². The van der Waals surface area contributed by atoms with E-state index < -0.39 is 29.6 Å². The summed E-state index contributed by atoms with van der Waals surface area (Å²) in [6, 6.07) is 5.32. The molecule has 0 radical (unpaired) electrons. The molecule has 4 aromatic rings. The summed E-state index contributed by atoms with van der Waals surface area (Å²) in [7, 11) is 2.71. The van der Waals surface area contributed by atoms with Crippen molar-refractivity contribution in [3.05, 3.63) is 83.1 Å². The van der Waals surface area contributed by atoms with Crippen molar-refractivity contribution in [2.24, 2.45) is 13.0 Å². The molecule has 3 aromatic heterocycles. The quantitative estimate of drug-likeness (QED) is 0.319. The van der Waals surface area contributed by atoms with Crippen molar-refractivity contribution in [1.82, 2.24) is 24.6 Å². The van der Waals surface area contributed by atoms with Gasteiger partial charge in [-0.1, -0.05) is 0 Å². The number of amides is 1. The first kappa shape index (κ1) is 26.2. The Bertz CT molecular complexity index is 1580. The Kier molecular flexibility index (Phi) is 6.74. The van der Waals surface area contributed by atoms with Gasteiger partial charge in [0.2, 0.25) is 0 Å². The van der Waals surface area contributed by atoms with Crippen LogP contribution in [0.25, 0.3) is 11.1 Å². The molecule has 1 aliphatic carbocycles. The summed E-state index contributed by atoms with van der Waals surface area (Å²) in [5.41, 5.74) is -0.294. The van der Waals surface area contributed by atoms with E-state index in [1.165, 1.54) is 55.6 Å². The Morgan fingerprint density at radius 1 is 1.28 bits per heavy atom. The SMILES string of the molecule is COc1cc(C(NC(=O)c2cc(Cn3ccoc3=N)cc(-c3cn(C)nc3C(F)(F)F)c2)C2CC2)ncc1F. The number of halogens is 4. The number of nitrogens with one attached hydrogen (secondary N) is 2. The van der Waals surface area contributed by atoms with Gasteiger partial charge in [0.05, 0.1) is 31.6 Å². The molecule has 204 valence electrons. The smallest absolute Gasteiger partial charge is 0.435 e. The number of oxazole rings is 1. The third-order valence-electron chi connectivity index (χ3n) is 6.46.